The monoisotopic (exact) mass is 329 g/mol. The number of benzene rings is 1. The van der Waals surface area contributed by atoms with Crippen LogP contribution in [0.15, 0.2) is 28.7 Å². The van der Waals surface area contributed by atoms with Gasteiger partial charge < -0.3 is 14.1 Å². The minimum atomic E-state index is 0.179. The van der Waals surface area contributed by atoms with Crippen molar-refractivity contribution in [1.29, 1.82) is 0 Å². The first-order chi connectivity index (χ1) is 11.8. The Kier molecular flexibility index (Phi) is 5.46. The number of methoxy groups -OCH3 is 1. The molecule has 6 heteroatoms. The van der Waals surface area contributed by atoms with E-state index in [1.807, 2.05) is 29.2 Å². The lowest BCUT2D eigenvalue weighted by Gasteiger charge is -2.19. The number of amides is 1. The summed E-state index contributed by atoms with van der Waals surface area (Å²) in [7, 11) is 1.62. The Hall–Kier alpha value is -2.37. The molecule has 0 atom stereocenters. The second-order valence-corrected chi connectivity index (χ2v) is 6.03. The summed E-state index contributed by atoms with van der Waals surface area (Å²) in [6.45, 7) is 1.75. The average molecular weight is 329 g/mol. The van der Waals surface area contributed by atoms with E-state index < -0.39 is 0 Å². The molecule has 0 aliphatic carbocycles. The fourth-order valence-corrected chi connectivity index (χ4v) is 2.92. The third-order valence-corrected chi connectivity index (χ3v) is 4.30. The van der Waals surface area contributed by atoms with Gasteiger partial charge in [-0.05, 0) is 31.0 Å². The highest BCUT2D eigenvalue weighted by molar-refractivity contribution is 5.76. The molecule has 1 aliphatic rings. The zero-order valence-corrected chi connectivity index (χ0v) is 14.0. The molecule has 1 amide bonds. The van der Waals surface area contributed by atoms with Crippen LogP contribution in [-0.4, -0.2) is 41.2 Å². The predicted molar refractivity (Wildman–Crippen MR) is 89.7 cm³/mol. The molecule has 0 unspecified atom stereocenters. The molecule has 3 rings (SSSR count). The average Bonchev–Trinajstić information content (AvgIpc) is 2.93. The number of hydrogen-bond donors (Lipinski definition) is 0. The van der Waals surface area contributed by atoms with Crippen LogP contribution in [0, 0.1) is 0 Å². The molecule has 0 spiro atoms. The Morgan fingerprint density at radius 3 is 2.75 bits per heavy atom. The number of carbonyl (C=O) groups excluding carboxylic acids is 1. The molecule has 0 saturated carbocycles. The summed E-state index contributed by atoms with van der Waals surface area (Å²) >= 11 is 0. The molecule has 6 nitrogen and oxygen atoms in total. The first kappa shape index (κ1) is 16.5. The van der Waals surface area contributed by atoms with Gasteiger partial charge in [0.1, 0.15) is 5.75 Å². The van der Waals surface area contributed by atoms with Crippen molar-refractivity contribution in [3.8, 4) is 17.2 Å². The van der Waals surface area contributed by atoms with Crippen LogP contribution in [0.2, 0.25) is 0 Å². The number of nitrogens with zero attached hydrogens (tertiary/aromatic N) is 3. The van der Waals surface area contributed by atoms with E-state index in [0.717, 1.165) is 37.2 Å². The fourth-order valence-electron chi connectivity index (χ4n) is 2.92. The van der Waals surface area contributed by atoms with Crippen LogP contribution in [0.3, 0.4) is 0 Å². The second kappa shape index (κ2) is 7.95. The molecule has 1 aliphatic heterocycles. The molecule has 1 aromatic carbocycles. The number of ether oxygens (including phenoxy) is 1. The molecule has 0 bridgehead atoms. The maximum Gasteiger partial charge on any atom is 0.247 e. The first-order valence-corrected chi connectivity index (χ1v) is 8.51. The molecule has 24 heavy (non-hydrogen) atoms. The van der Waals surface area contributed by atoms with Gasteiger partial charge in [-0.1, -0.05) is 18.9 Å². The van der Waals surface area contributed by atoms with Gasteiger partial charge in [0.25, 0.3) is 0 Å². The smallest absolute Gasteiger partial charge is 0.247 e. The number of likely N-dealkylation sites (tertiary alicyclic amines) is 1. The van der Waals surface area contributed by atoms with Crippen molar-refractivity contribution in [2.24, 2.45) is 0 Å². The number of aromatic nitrogens is 2. The molecule has 128 valence electrons. The highest BCUT2D eigenvalue weighted by Gasteiger charge is 2.17. The van der Waals surface area contributed by atoms with Crippen LogP contribution in [-0.2, 0) is 11.2 Å². The lowest BCUT2D eigenvalue weighted by molar-refractivity contribution is -0.131. The van der Waals surface area contributed by atoms with Gasteiger partial charge in [0.15, 0.2) is 0 Å². The van der Waals surface area contributed by atoms with Crippen molar-refractivity contribution in [3.05, 3.63) is 30.2 Å². The standard InChI is InChI=1S/C18H23N3O3/c1-23-15-8-6-7-14(13-15)18-20-19-16(24-18)9-10-17(22)21-11-4-2-3-5-12-21/h6-8,13H,2-5,9-12H2,1H3. The van der Waals surface area contributed by atoms with Crippen LogP contribution < -0.4 is 4.74 Å². The maximum atomic E-state index is 12.3. The third kappa shape index (κ3) is 4.13. The number of aryl methyl sites for hydroxylation is 1. The van der Waals surface area contributed by atoms with Crippen molar-refractivity contribution in [2.75, 3.05) is 20.2 Å². The molecule has 0 N–H and O–H groups in total. The van der Waals surface area contributed by atoms with Crippen LogP contribution in [0.4, 0.5) is 0 Å². The third-order valence-electron chi connectivity index (χ3n) is 4.30. The van der Waals surface area contributed by atoms with Crippen molar-refractivity contribution < 1.29 is 13.9 Å². The van der Waals surface area contributed by atoms with Crippen molar-refractivity contribution >= 4 is 5.91 Å². The molecular formula is C18H23N3O3. The van der Waals surface area contributed by atoms with E-state index in [2.05, 4.69) is 10.2 Å². The zero-order valence-electron chi connectivity index (χ0n) is 14.0. The minimum Gasteiger partial charge on any atom is -0.497 e. The van der Waals surface area contributed by atoms with E-state index >= 15 is 0 Å². The fraction of sp³-hybridized carbons (Fsp3) is 0.500. The highest BCUT2D eigenvalue weighted by atomic mass is 16.5. The Morgan fingerprint density at radius 2 is 2.00 bits per heavy atom. The lowest BCUT2D eigenvalue weighted by atomic mass is 10.2. The quantitative estimate of drug-likeness (QED) is 0.843. The molecule has 1 fully saturated rings. The van der Waals surface area contributed by atoms with Gasteiger partial charge >= 0.3 is 0 Å². The topological polar surface area (TPSA) is 68.5 Å². The molecule has 1 aromatic heterocycles. The van der Waals surface area contributed by atoms with Gasteiger partial charge in [0.05, 0.1) is 7.11 Å². The summed E-state index contributed by atoms with van der Waals surface area (Å²) in [6, 6.07) is 7.48. The lowest BCUT2D eigenvalue weighted by Crippen LogP contribution is -2.31. The van der Waals surface area contributed by atoms with Crippen LogP contribution in [0.25, 0.3) is 11.5 Å². The summed E-state index contributed by atoms with van der Waals surface area (Å²) in [5, 5.41) is 8.13. The van der Waals surface area contributed by atoms with E-state index in [0.29, 0.717) is 24.6 Å². The van der Waals surface area contributed by atoms with Crippen molar-refractivity contribution in [3.63, 3.8) is 0 Å². The van der Waals surface area contributed by atoms with E-state index in [9.17, 15) is 4.79 Å². The van der Waals surface area contributed by atoms with Crippen LogP contribution in [0.1, 0.15) is 38.0 Å². The van der Waals surface area contributed by atoms with E-state index in [1.54, 1.807) is 7.11 Å². The number of hydrogen-bond acceptors (Lipinski definition) is 5. The van der Waals surface area contributed by atoms with Gasteiger partial charge in [-0.2, -0.15) is 0 Å². The summed E-state index contributed by atoms with van der Waals surface area (Å²) in [4.78, 5) is 14.3. The molecular weight excluding hydrogens is 306 g/mol. The predicted octanol–water partition coefficient (Wildman–Crippen LogP) is 3.08. The van der Waals surface area contributed by atoms with Gasteiger partial charge in [0, 0.05) is 31.5 Å². The van der Waals surface area contributed by atoms with E-state index in [4.69, 9.17) is 9.15 Å². The van der Waals surface area contributed by atoms with Gasteiger partial charge in [-0.15, -0.1) is 10.2 Å². The summed E-state index contributed by atoms with van der Waals surface area (Å²) < 4.78 is 10.9. The number of rotatable bonds is 5. The minimum absolute atomic E-state index is 0.179. The van der Waals surface area contributed by atoms with Gasteiger partial charge in [-0.25, -0.2) is 0 Å². The van der Waals surface area contributed by atoms with Crippen molar-refractivity contribution in [2.45, 2.75) is 38.5 Å². The normalized spacial score (nSPS) is 15.1. The van der Waals surface area contributed by atoms with Crippen LogP contribution >= 0.6 is 0 Å². The Bertz CT molecular complexity index is 676. The molecule has 0 radical (unpaired) electrons. The highest BCUT2D eigenvalue weighted by Crippen LogP contribution is 2.23. The van der Waals surface area contributed by atoms with Crippen molar-refractivity contribution in [1.82, 2.24) is 15.1 Å². The summed E-state index contributed by atoms with van der Waals surface area (Å²) in [5.41, 5.74) is 0.812. The zero-order chi connectivity index (χ0) is 16.8. The van der Waals surface area contributed by atoms with Crippen LogP contribution in [0.5, 0.6) is 5.75 Å². The number of carbonyl (C=O) groups is 1. The Morgan fingerprint density at radius 1 is 1.21 bits per heavy atom. The van der Waals surface area contributed by atoms with E-state index in [-0.39, 0.29) is 5.91 Å². The first-order valence-electron chi connectivity index (χ1n) is 8.51. The summed E-state index contributed by atoms with van der Waals surface area (Å²) in [5.74, 6) is 1.86. The Labute approximate surface area is 141 Å². The van der Waals surface area contributed by atoms with Gasteiger partial charge in [0.2, 0.25) is 17.7 Å². The SMILES string of the molecule is COc1cccc(-c2nnc(CCC(=O)N3CCCCCC3)o2)c1. The summed E-state index contributed by atoms with van der Waals surface area (Å²) in [6.07, 6.45) is 5.54. The maximum absolute atomic E-state index is 12.3. The van der Waals surface area contributed by atoms with E-state index in [1.165, 1.54) is 12.8 Å². The molecule has 2 aromatic rings. The molecule has 1 saturated heterocycles. The second-order valence-electron chi connectivity index (χ2n) is 6.03. The largest absolute Gasteiger partial charge is 0.497 e. The Balaban J connectivity index is 1.58. The molecule has 2 heterocycles. The van der Waals surface area contributed by atoms with Gasteiger partial charge in [-0.3, -0.25) is 4.79 Å².